The van der Waals surface area contributed by atoms with Crippen molar-refractivity contribution in [3.05, 3.63) is 46.3 Å². The van der Waals surface area contributed by atoms with E-state index in [2.05, 4.69) is 45.5 Å². The number of hydrogen-bond acceptors (Lipinski definition) is 4. The molecule has 2 rings (SSSR count). The molecule has 2 nitrogen and oxygen atoms in total. The van der Waals surface area contributed by atoms with Crippen molar-refractivity contribution >= 4 is 28.9 Å². The van der Waals surface area contributed by atoms with E-state index in [0.29, 0.717) is 0 Å². The van der Waals surface area contributed by atoms with Gasteiger partial charge in [-0.1, -0.05) is 0 Å². The number of nitrogens with one attached hydrogen (secondary N) is 1. The summed E-state index contributed by atoms with van der Waals surface area (Å²) < 4.78 is 0. The van der Waals surface area contributed by atoms with Crippen molar-refractivity contribution in [3.63, 3.8) is 0 Å². The summed E-state index contributed by atoms with van der Waals surface area (Å²) in [6.45, 7) is 0.846. The summed E-state index contributed by atoms with van der Waals surface area (Å²) in [4.78, 5) is 4.30. The SMILES string of the molecule is CSCc1ccnc(NCc2ccsc2)c1. The Bertz CT molecular complexity index is 426. The summed E-state index contributed by atoms with van der Waals surface area (Å²) in [6.07, 6.45) is 3.97. The van der Waals surface area contributed by atoms with Gasteiger partial charge in [-0.05, 0) is 46.3 Å². The molecule has 0 aliphatic rings. The van der Waals surface area contributed by atoms with Gasteiger partial charge in [0.1, 0.15) is 5.82 Å². The first-order valence-corrected chi connectivity index (χ1v) is 7.41. The molecule has 4 heteroatoms. The van der Waals surface area contributed by atoms with Crippen molar-refractivity contribution in [1.82, 2.24) is 4.98 Å². The van der Waals surface area contributed by atoms with Crippen molar-refractivity contribution in [2.75, 3.05) is 11.6 Å². The van der Waals surface area contributed by atoms with Crippen LogP contribution in [0.1, 0.15) is 11.1 Å². The van der Waals surface area contributed by atoms with E-state index in [0.717, 1.165) is 18.1 Å². The molecule has 84 valence electrons. The van der Waals surface area contributed by atoms with Crippen LogP contribution in [0.15, 0.2) is 35.2 Å². The average molecular weight is 250 g/mol. The van der Waals surface area contributed by atoms with E-state index in [1.165, 1.54) is 11.1 Å². The van der Waals surface area contributed by atoms with E-state index >= 15 is 0 Å². The lowest BCUT2D eigenvalue weighted by atomic mass is 10.3. The third-order valence-electron chi connectivity index (χ3n) is 2.19. The van der Waals surface area contributed by atoms with E-state index in [1.807, 2.05) is 18.0 Å². The molecule has 0 fully saturated rings. The Morgan fingerprint density at radius 2 is 2.31 bits per heavy atom. The highest BCUT2D eigenvalue weighted by atomic mass is 32.2. The van der Waals surface area contributed by atoms with Crippen LogP contribution in [-0.4, -0.2) is 11.2 Å². The van der Waals surface area contributed by atoms with Crippen LogP contribution in [-0.2, 0) is 12.3 Å². The maximum Gasteiger partial charge on any atom is 0.126 e. The zero-order valence-electron chi connectivity index (χ0n) is 9.14. The third kappa shape index (κ3) is 3.25. The minimum atomic E-state index is 0.846. The molecule has 1 N–H and O–H groups in total. The van der Waals surface area contributed by atoms with Crippen LogP contribution in [0.5, 0.6) is 0 Å². The van der Waals surface area contributed by atoms with E-state index in [9.17, 15) is 0 Å². The maximum absolute atomic E-state index is 4.30. The predicted molar refractivity (Wildman–Crippen MR) is 73.1 cm³/mol. The number of hydrogen-bond donors (Lipinski definition) is 1. The van der Waals surface area contributed by atoms with Gasteiger partial charge < -0.3 is 5.32 Å². The van der Waals surface area contributed by atoms with E-state index in [1.54, 1.807) is 11.3 Å². The molecular weight excluding hydrogens is 236 g/mol. The van der Waals surface area contributed by atoms with Gasteiger partial charge in [0.2, 0.25) is 0 Å². The summed E-state index contributed by atoms with van der Waals surface area (Å²) in [5.74, 6) is 1.99. The fourth-order valence-corrected chi connectivity index (χ4v) is 2.59. The summed E-state index contributed by atoms with van der Waals surface area (Å²) in [6, 6.07) is 6.30. The van der Waals surface area contributed by atoms with Crippen LogP contribution >= 0.6 is 23.1 Å². The van der Waals surface area contributed by atoms with Gasteiger partial charge in [0, 0.05) is 18.5 Å². The second-order valence-corrected chi connectivity index (χ2v) is 5.11. The van der Waals surface area contributed by atoms with Crippen LogP contribution in [0, 0.1) is 0 Å². The minimum absolute atomic E-state index is 0.846. The molecule has 0 bridgehead atoms. The van der Waals surface area contributed by atoms with Crippen molar-refractivity contribution < 1.29 is 0 Å². The van der Waals surface area contributed by atoms with Crippen molar-refractivity contribution in [2.45, 2.75) is 12.3 Å². The van der Waals surface area contributed by atoms with Crippen molar-refractivity contribution in [3.8, 4) is 0 Å². The van der Waals surface area contributed by atoms with Gasteiger partial charge in [0.25, 0.3) is 0 Å². The first-order chi connectivity index (χ1) is 7.88. The highest BCUT2D eigenvalue weighted by molar-refractivity contribution is 7.97. The number of nitrogens with zero attached hydrogens (tertiary/aromatic N) is 1. The molecule has 2 heterocycles. The number of thiophene rings is 1. The number of anilines is 1. The molecule has 2 aromatic rings. The normalized spacial score (nSPS) is 10.3. The maximum atomic E-state index is 4.30. The molecule has 0 unspecified atom stereocenters. The van der Waals surface area contributed by atoms with Gasteiger partial charge in [-0.25, -0.2) is 4.98 Å². The topological polar surface area (TPSA) is 24.9 Å². The number of thioether (sulfide) groups is 1. The van der Waals surface area contributed by atoms with Gasteiger partial charge in [-0.3, -0.25) is 0 Å². The first-order valence-electron chi connectivity index (χ1n) is 5.07. The largest absolute Gasteiger partial charge is 0.366 e. The molecule has 0 saturated carbocycles. The van der Waals surface area contributed by atoms with Crippen molar-refractivity contribution in [2.24, 2.45) is 0 Å². The zero-order valence-corrected chi connectivity index (χ0v) is 10.8. The summed E-state index contributed by atoms with van der Waals surface area (Å²) in [5, 5.41) is 7.58. The van der Waals surface area contributed by atoms with E-state index in [4.69, 9.17) is 0 Å². The van der Waals surface area contributed by atoms with Gasteiger partial charge in [-0.2, -0.15) is 23.1 Å². The number of rotatable bonds is 5. The summed E-state index contributed by atoms with van der Waals surface area (Å²) in [5.41, 5.74) is 2.62. The van der Waals surface area contributed by atoms with Crippen LogP contribution in [0.25, 0.3) is 0 Å². The number of aromatic nitrogens is 1. The average Bonchev–Trinajstić information content (AvgIpc) is 2.80. The molecular formula is C12H14N2S2. The Morgan fingerprint density at radius 1 is 1.38 bits per heavy atom. The second kappa shape index (κ2) is 5.92. The van der Waals surface area contributed by atoms with Gasteiger partial charge in [-0.15, -0.1) is 0 Å². The molecule has 0 spiro atoms. The van der Waals surface area contributed by atoms with Crippen LogP contribution < -0.4 is 5.32 Å². The molecule has 0 saturated heterocycles. The molecule has 0 amide bonds. The highest BCUT2D eigenvalue weighted by Gasteiger charge is 1.97. The molecule has 0 aromatic carbocycles. The Labute approximate surface area is 104 Å². The zero-order chi connectivity index (χ0) is 11.2. The van der Waals surface area contributed by atoms with Crippen LogP contribution in [0.4, 0.5) is 5.82 Å². The third-order valence-corrected chi connectivity index (χ3v) is 3.54. The van der Waals surface area contributed by atoms with Gasteiger partial charge in [0.15, 0.2) is 0 Å². The van der Waals surface area contributed by atoms with Crippen LogP contribution in [0.3, 0.4) is 0 Å². The Hall–Kier alpha value is -1.00. The lowest BCUT2D eigenvalue weighted by Gasteiger charge is -2.05. The summed E-state index contributed by atoms with van der Waals surface area (Å²) >= 11 is 3.55. The molecule has 0 aliphatic carbocycles. The Balaban J connectivity index is 1.96. The lowest BCUT2D eigenvalue weighted by Crippen LogP contribution is -2.00. The second-order valence-electron chi connectivity index (χ2n) is 3.47. The standard InChI is InChI=1S/C12H14N2S2/c1-15-8-10-2-4-13-12(6-10)14-7-11-3-5-16-9-11/h2-6,9H,7-8H2,1H3,(H,13,14). The van der Waals surface area contributed by atoms with Gasteiger partial charge >= 0.3 is 0 Å². The summed E-state index contributed by atoms with van der Waals surface area (Å²) in [7, 11) is 0. The van der Waals surface area contributed by atoms with E-state index in [-0.39, 0.29) is 0 Å². The molecule has 2 aromatic heterocycles. The van der Waals surface area contributed by atoms with Crippen LogP contribution in [0.2, 0.25) is 0 Å². The monoisotopic (exact) mass is 250 g/mol. The minimum Gasteiger partial charge on any atom is -0.366 e. The molecule has 0 aliphatic heterocycles. The number of pyridine rings is 1. The predicted octanol–water partition coefficient (Wildman–Crippen LogP) is 3.62. The molecule has 16 heavy (non-hydrogen) atoms. The van der Waals surface area contributed by atoms with Gasteiger partial charge in [0.05, 0.1) is 0 Å². The molecule has 0 atom stereocenters. The quantitative estimate of drug-likeness (QED) is 0.877. The fraction of sp³-hybridized carbons (Fsp3) is 0.250. The van der Waals surface area contributed by atoms with E-state index < -0.39 is 0 Å². The smallest absolute Gasteiger partial charge is 0.126 e. The Morgan fingerprint density at radius 3 is 3.06 bits per heavy atom. The first kappa shape index (κ1) is 11.5. The fourth-order valence-electron chi connectivity index (χ4n) is 1.41. The molecule has 0 radical (unpaired) electrons. The Kier molecular flexibility index (Phi) is 4.25. The van der Waals surface area contributed by atoms with Crippen molar-refractivity contribution in [1.29, 1.82) is 0 Å². The highest BCUT2D eigenvalue weighted by Crippen LogP contribution is 2.14. The lowest BCUT2D eigenvalue weighted by molar-refractivity contribution is 1.11.